The Balaban J connectivity index is 2.36. The van der Waals surface area contributed by atoms with Crippen molar-refractivity contribution in [1.29, 1.82) is 0 Å². The number of aliphatic hydroxyl groups excluding tert-OH is 1. The number of nitrogens with zero attached hydrogens (tertiary/aromatic N) is 2. The standard InChI is InChI=1S/C14H30N2O2/c1-6-12-11-16(10-9-15(12)4)8-7-13(17)14(2,3)18-5/h12-13,17H,6-11H2,1-5H3. The van der Waals surface area contributed by atoms with Crippen LogP contribution < -0.4 is 0 Å². The van der Waals surface area contributed by atoms with Crippen molar-refractivity contribution < 1.29 is 9.84 Å². The number of aliphatic hydroxyl groups is 1. The predicted molar refractivity (Wildman–Crippen MR) is 74.9 cm³/mol. The highest BCUT2D eigenvalue weighted by Gasteiger charge is 2.29. The first-order valence-corrected chi connectivity index (χ1v) is 7.06. The highest BCUT2D eigenvalue weighted by Crippen LogP contribution is 2.18. The summed E-state index contributed by atoms with van der Waals surface area (Å²) in [7, 11) is 3.86. The highest BCUT2D eigenvalue weighted by atomic mass is 16.5. The predicted octanol–water partition coefficient (Wildman–Crippen LogP) is 1.19. The van der Waals surface area contributed by atoms with Gasteiger partial charge in [-0.3, -0.25) is 0 Å². The van der Waals surface area contributed by atoms with Crippen LogP contribution in [0, 0.1) is 0 Å². The van der Waals surface area contributed by atoms with Crippen LogP contribution in [0.3, 0.4) is 0 Å². The van der Waals surface area contributed by atoms with E-state index in [-0.39, 0.29) is 0 Å². The fourth-order valence-corrected chi connectivity index (χ4v) is 2.44. The van der Waals surface area contributed by atoms with Gasteiger partial charge in [0.2, 0.25) is 0 Å². The molecule has 1 aliphatic heterocycles. The number of rotatable bonds is 6. The molecule has 1 aliphatic rings. The van der Waals surface area contributed by atoms with E-state index in [9.17, 15) is 5.11 Å². The summed E-state index contributed by atoms with van der Waals surface area (Å²) < 4.78 is 5.32. The van der Waals surface area contributed by atoms with Crippen LogP contribution >= 0.6 is 0 Å². The largest absolute Gasteiger partial charge is 0.390 e. The molecule has 0 aromatic rings. The molecule has 1 fully saturated rings. The summed E-state index contributed by atoms with van der Waals surface area (Å²) in [4.78, 5) is 4.90. The molecule has 0 amide bonds. The minimum absolute atomic E-state index is 0.401. The van der Waals surface area contributed by atoms with E-state index >= 15 is 0 Å². The van der Waals surface area contributed by atoms with E-state index in [0.29, 0.717) is 6.04 Å². The topological polar surface area (TPSA) is 35.9 Å². The SMILES string of the molecule is CCC1CN(CCC(O)C(C)(C)OC)CCN1C. The maximum atomic E-state index is 10.1. The van der Waals surface area contributed by atoms with Crippen molar-refractivity contribution in [2.24, 2.45) is 0 Å². The lowest BCUT2D eigenvalue weighted by molar-refractivity contribution is -0.0835. The molecular weight excluding hydrogens is 228 g/mol. The summed E-state index contributed by atoms with van der Waals surface area (Å²) in [5.74, 6) is 0. The van der Waals surface area contributed by atoms with Crippen molar-refractivity contribution in [2.75, 3.05) is 40.3 Å². The maximum absolute atomic E-state index is 10.1. The van der Waals surface area contributed by atoms with Crippen LogP contribution in [0.5, 0.6) is 0 Å². The van der Waals surface area contributed by atoms with Crippen LogP contribution in [0.4, 0.5) is 0 Å². The minimum Gasteiger partial charge on any atom is -0.390 e. The lowest BCUT2D eigenvalue weighted by Crippen LogP contribution is -2.52. The summed E-state index contributed by atoms with van der Waals surface area (Å²) >= 11 is 0. The molecule has 0 bridgehead atoms. The molecule has 0 spiro atoms. The summed E-state index contributed by atoms with van der Waals surface area (Å²) in [6, 6.07) is 0.659. The number of methoxy groups -OCH3 is 1. The second kappa shape index (κ2) is 6.85. The molecular formula is C14H30N2O2. The van der Waals surface area contributed by atoms with Gasteiger partial charge in [0.05, 0.1) is 11.7 Å². The second-order valence-electron chi connectivity index (χ2n) is 5.96. The molecule has 0 radical (unpaired) electrons. The molecule has 108 valence electrons. The van der Waals surface area contributed by atoms with Gasteiger partial charge in [0, 0.05) is 39.3 Å². The van der Waals surface area contributed by atoms with Crippen LogP contribution in [0.25, 0.3) is 0 Å². The molecule has 1 saturated heterocycles. The van der Waals surface area contributed by atoms with Gasteiger partial charge < -0.3 is 19.6 Å². The molecule has 4 nitrogen and oxygen atoms in total. The Morgan fingerprint density at radius 3 is 2.61 bits per heavy atom. The quantitative estimate of drug-likeness (QED) is 0.776. The highest BCUT2D eigenvalue weighted by molar-refractivity contribution is 4.83. The van der Waals surface area contributed by atoms with Gasteiger partial charge in [0.15, 0.2) is 0 Å². The monoisotopic (exact) mass is 258 g/mol. The Bertz CT molecular complexity index is 246. The van der Waals surface area contributed by atoms with E-state index in [4.69, 9.17) is 4.74 Å². The molecule has 2 atom stereocenters. The molecule has 0 saturated carbocycles. The zero-order valence-electron chi connectivity index (χ0n) is 12.6. The van der Waals surface area contributed by atoms with Gasteiger partial charge in [0.1, 0.15) is 0 Å². The first-order valence-electron chi connectivity index (χ1n) is 7.06. The van der Waals surface area contributed by atoms with E-state index in [1.165, 1.54) is 6.42 Å². The Labute approximate surface area is 112 Å². The van der Waals surface area contributed by atoms with Gasteiger partial charge in [-0.15, -0.1) is 0 Å². The van der Waals surface area contributed by atoms with Gasteiger partial charge in [-0.05, 0) is 33.7 Å². The second-order valence-corrected chi connectivity index (χ2v) is 5.96. The Kier molecular flexibility index (Phi) is 6.05. The van der Waals surface area contributed by atoms with Crippen molar-refractivity contribution in [3.05, 3.63) is 0 Å². The third-order valence-electron chi connectivity index (χ3n) is 4.38. The number of ether oxygens (including phenoxy) is 1. The van der Waals surface area contributed by atoms with Gasteiger partial charge >= 0.3 is 0 Å². The van der Waals surface area contributed by atoms with Crippen LogP contribution in [0.1, 0.15) is 33.6 Å². The van der Waals surface area contributed by atoms with Crippen LogP contribution in [-0.4, -0.2) is 73.0 Å². The Morgan fingerprint density at radius 2 is 2.06 bits per heavy atom. The maximum Gasteiger partial charge on any atom is 0.0880 e. The van der Waals surface area contributed by atoms with E-state index in [2.05, 4.69) is 23.8 Å². The summed E-state index contributed by atoms with van der Waals surface area (Å²) in [5, 5.41) is 10.1. The normalized spacial score (nSPS) is 25.3. The van der Waals surface area contributed by atoms with Crippen LogP contribution in [0.15, 0.2) is 0 Å². The number of hydrogen-bond acceptors (Lipinski definition) is 4. The molecule has 4 heteroatoms. The number of hydrogen-bond donors (Lipinski definition) is 1. The van der Waals surface area contributed by atoms with Crippen molar-refractivity contribution >= 4 is 0 Å². The molecule has 1 N–H and O–H groups in total. The van der Waals surface area contributed by atoms with Crippen molar-refractivity contribution in [1.82, 2.24) is 9.80 Å². The third kappa shape index (κ3) is 4.19. The fourth-order valence-electron chi connectivity index (χ4n) is 2.44. The number of piperazine rings is 1. The molecule has 18 heavy (non-hydrogen) atoms. The van der Waals surface area contributed by atoms with Gasteiger partial charge in [-0.1, -0.05) is 6.92 Å². The third-order valence-corrected chi connectivity index (χ3v) is 4.38. The average molecular weight is 258 g/mol. The van der Waals surface area contributed by atoms with Crippen molar-refractivity contribution in [3.63, 3.8) is 0 Å². The summed E-state index contributed by atoms with van der Waals surface area (Å²) in [6.45, 7) is 10.4. The van der Waals surface area contributed by atoms with Crippen LogP contribution in [0.2, 0.25) is 0 Å². The molecule has 0 aromatic heterocycles. The van der Waals surface area contributed by atoms with Crippen LogP contribution in [-0.2, 0) is 4.74 Å². The smallest absolute Gasteiger partial charge is 0.0880 e. The molecule has 0 aromatic carbocycles. The van der Waals surface area contributed by atoms with Gasteiger partial charge in [-0.25, -0.2) is 0 Å². The van der Waals surface area contributed by atoms with Crippen molar-refractivity contribution in [2.45, 2.75) is 51.4 Å². The average Bonchev–Trinajstić information content (AvgIpc) is 2.37. The molecule has 2 unspecified atom stereocenters. The van der Waals surface area contributed by atoms with E-state index in [1.807, 2.05) is 13.8 Å². The van der Waals surface area contributed by atoms with E-state index < -0.39 is 11.7 Å². The van der Waals surface area contributed by atoms with E-state index in [1.54, 1.807) is 7.11 Å². The zero-order valence-corrected chi connectivity index (χ0v) is 12.6. The summed E-state index contributed by atoms with van der Waals surface area (Å²) in [6.07, 6.45) is 1.57. The Morgan fingerprint density at radius 1 is 1.39 bits per heavy atom. The fraction of sp³-hybridized carbons (Fsp3) is 1.00. The first-order chi connectivity index (χ1) is 8.40. The molecule has 1 heterocycles. The van der Waals surface area contributed by atoms with E-state index in [0.717, 1.165) is 32.6 Å². The van der Waals surface area contributed by atoms with Gasteiger partial charge in [0.25, 0.3) is 0 Å². The first kappa shape index (κ1) is 15.9. The summed E-state index contributed by atoms with van der Waals surface area (Å²) in [5.41, 5.74) is -0.448. The lowest BCUT2D eigenvalue weighted by atomic mass is 9.98. The van der Waals surface area contributed by atoms with Gasteiger partial charge in [-0.2, -0.15) is 0 Å². The molecule has 0 aliphatic carbocycles. The molecule has 1 rings (SSSR count). The minimum atomic E-state index is -0.448. The van der Waals surface area contributed by atoms with Crippen molar-refractivity contribution in [3.8, 4) is 0 Å². The number of likely N-dealkylation sites (N-methyl/N-ethyl adjacent to an activating group) is 1. The zero-order chi connectivity index (χ0) is 13.8. The Hall–Kier alpha value is -0.160. The lowest BCUT2D eigenvalue weighted by Gasteiger charge is -2.40.